The Bertz CT molecular complexity index is 632. The Morgan fingerprint density at radius 3 is 2.75 bits per heavy atom. The van der Waals surface area contributed by atoms with Gasteiger partial charge in [-0.1, -0.05) is 6.92 Å². The molecule has 1 aromatic carbocycles. The minimum absolute atomic E-state index is 0.422. The molecule has 106 valence electrons. The van der Waals surface area contributed by atoms with Gasteiger partial charge in [0.05, 0.1) is 12.7 Å². The van der Waals surface area contributed by atoms with Gasteiger partial charge in [0.2, 0.25) is 0 Å². The number of rotatable bonds is 5. The molecule has 1 aromatic heterocycles. The van der Waals surface area contributed by atoms with E-state index < -0.39 is 0 Å². The first-order valence-electron chi connectivity index (χ1n) is 6.58. The lowest BCUT2D eigenvalue weighted by Gasteiger charge is -2.06. The molecule has 2 rings (SSSR count). The van der Waals surface area contributed by atoms with E-state index in [0.29, 0.717) is 23.6 Å². The molecule has 5 nitrogen and oxygen atoms in total. The molecule has 0 saturated heterocycles. The number of nitrogens with two attached hydrogens (primary N) is 1. The van der Waals surface area contributed by atoms with Gasteiger partial charge in [0.1, 0.15) is 17.3 Å². The molecule has 20 heavy (non-hydrogen) atoms. The molecule has 0 atom stereocenters. The fourth-order valence-electron chi connectivity index (χ4n) is 2.23. The highest BCUT2D eigenvalue weighted by Crippen LogP contribution is 2.29. The first-order chi connectivity index (χ1) is 9.62. The number of aldehydes is 1. The minimum atomic E-state index is 0.422. The van der Waals surface area contributed by atoms with Crippen LogP contribution in [0.5, 0.6) is 5.75 Å². The lowest BCUT2D eigenvalue weighted by Crippen LogP contribution is -2.04. The van der Waals surface area contributed by atoms with Crippen molar-refractivity contribution in [3.63, 3.8) is 0 Å². The SMILES string of the molecule is CCCn1nc(-c2ccc(OC)c(C)c2)c(C=O)c1N. The maximum absolute atomic E-state index is 11.3. The highest BCUT2D eigenvalue weighted by Gasteiger charge is 2.16. The molecule has 0 saturated carbocycles. The Morgan fingerprint density at radius 2 is 2.20 bits per heavy atom. The number of carbonyl (C=O) groups excluding carboxylic acids is 1. The third-order valence-electron chi connectivity index (χ3n) is 3.25. The Balaban J connectivity index is 2.54. The van der Waals surface area contributed by atoms with Crippen molar-refractivity contribution in [2.75, 3.05) is 12.8 Å². The van der Waals surface area contributed by atoms with Crippen molar-refractivity contribution in [3.05, 3.63) is 29.3 Å². The second kappa shape index (κ2) is 5.77. The van der Waals surface area contributed by atoms with E-state index in [0.717, 1.165) is 29.6 Å². The highest BCUT2D eigenvalue weighted by molar-refractivity contribution is 5.91. The highest BCUT2D eigenvalue weighted by atomic mass is 16.5. The number of hydrogen-bond acceptors (Lipinski definition) is 4. The number of ether oxygens (including phenoxy) is 1. The summed E-state index contributed by atoms with van der Waals surface area (Å²) in [7, 11) is 1.63. The molecular formula is C15H19N3O2. The van der Waals surface area contributed by atoms with Gasteiger partial charge in [-0.15, -0.1) is 0 Å². The van der Waals surface area contributed by atoms with E-state index in [2.05, 4.69) is 5.10 Å². The van der Waals surface area contributed by atoms with Gasteiger partial charge in [0.25, 0.3) is 0 Å². The summed E-state index contributed by atoms with van der Waals surface area (Å²) in [5.41, 5.74) is 8.90. The van der Waals surface area contributed by atoms with E-state index in [-0.39, 0.29) is 0 Å². The summed E-state index contributed by atoms with van der Waals surface area (Å²) in [4.78, 5) is 11.3. The second-order valence-electron chi connectivity index (χ2n) is 4.67. The van der Waals surface area contributed by atoms with Crippen molar-refractivity contribution in [3.8, 4) is 17.0 Å². The molecule has 0 aliphatic heterocycles. The monoisotopic (exact) mass is 273 g/mol. The molecule has 0 unspecified atom stereocenters. The fraction of sp³-hybridized carbons (Fsp3) is 0.333. The lowest BCUT2D eigenvalue weighted by atomic mass is 10.1. The summed E-state index contributed by atoms with van der Waals surface area (Å²) in [5.74, 6) is 1.23. The topological polar surface area (TPSA) is 70.1 Å². The predicted octanol–water partition coefficient (Wildman–Crippen LogP) is 2.67. The van der Waals surface area contributed by atoms with E-state index in [1.54, 1.807) is 11.8 Å². The van der Waals surface area contributed by atoms with Crippen molar-refractivity contribution in [2.45, 2.75) is 26.8 Å². The van der Waals surface area contributed by atoms with Gasteiger partial charge in [-0.05, 0) is 37.1 Å². The summed E-state index contributed by atoms with van der Waals surface area (Å²) >= 11 is 0. The molecule has 2 N–H and O–H groups in total. The zero-order valence-electron chi connectivity index (χ0n) is 12.0. The van der Waals surface area contributed by atoms with Gasteiger partial charge >= 0.3 is 0 Å². The van der Waals surface area contributed by atoms with Gasteiger partial charge in [-0.25, -0.2) is 4.68 Å². The fourth-order valence-corrected chi connectivity index (χ4v) is 2.23. The molecule has 0 radical (unpaired) electrons. The van der Waals surface area contributed by atoms with Gasteiger partial charge in [0, 0.05) is 12.1 Å². The maximum atomic E-state index is 11.3. The quantitative estimate of drug-likeness (QED) is 0.850. The summed E-state index contributed by atoms with van der Waals surface area (Å²) in [5, 5.41) is 4.46. The summed E-state index contributed by atoms with van der Waals surface area (Å²) in [6.07, 6.45) is 1.68. The van der Waals surface area contributed by atoms with E-state index in [1.807, 2.05) is 32.0 Å². The van der Waals surface area contributed by atoms with Crippen molar-refractivity contribution < 1.29 is 9.53 Å². The lowest BCUT2D eigenvalue weighted by molar-refractivity contribution is 0.112. The average Bonchev–Trinajstić information content (AvgIpc) is 2.76. The van der Waals surface area contributed by atoms with Crippen LogP contribution in [0.3, 0.4) is 0 Å². The van der Waals surface area contributed by atoms with E-state index in [4.69, 9.17) is 10.5 Å². The molecule has 0 aliphatic carbocycles. The third kappa shape index (κ3) is 2.39. The van der Waals surface area contributed by atoms with E-state index in [9.17, 15) is 4.79 Å². The van der Waals surface area contributed by atoms with E-state index >= 15 is 0 Å². The zero-order valence-corrected chi connectivity index (χ0v) is 12.0. The summed E-state index contributed by atoms with van der Waals surface area (Å²) < 4.78 is 6.92. The van der Waals surface area contributed by atoms with Crippen LogP contribution in [-0.2, 0) is 6.54 Å². The van der Waals surface area contributed by atoms with Gasteiger partial charge in [0.15, 0.2) is 6.29 Å². The van der Waals surface area contributed by atoms with Crippen LogP contribution in [-0.4, -0.2) is 23.2 Å². The smallest absolute Gasteiger partial charge is 0.156 e. The molecule has 0 amide bonds. The molecule has 0 aliphatic rings. The Kier molecular flexibility index (Phi) is 4.08. The zero-order chi connectivity index (χ0) is 14.7. The standard InChI is InChI=1S/C15H19N3O2/c1-4-7-18-15(16)12(9-19)14(17-18)11-5-6-13(20-3)10(2)8-11/h5-6,8-9H,4,7,16H2,1-3H3. The number of benzene rings is 1. The number of hydrogen-bond donors (Lipinski definition) is 1. The van der Waals surface area contributed by atoms with Crippen LogP contribution in [0.25, 0.3) is 11.3 Å². The number of aryl methyl sites for hydroxylation is 2. The first-order valence-corrected chi connectivity index (χ1v) is 6.58. The van der Waals surface area contributed by atoms with Crippen molar-refractivity contribution in [2.24, 2.45) is 0 Å². The van der Waals surface area contributed by atoms with Crippen molar-refractivity contribution in [1.29, 1.82) is 0 Å². The molecule has 5 heteroatoms. The number of aromatic nitrogens is 2. The van der Waals surface area contributed by atoms with Crippen LogP contribution in [0, 0.1) is 6.92 Å². The van der Waals surface area contributed by atoms with Crippen LogP contribution >= 0.6 is 0 Å². The largest absolute Gasteiger partial charge is 0.496 e. The van der Waals surface area contributed by atoms with Crippen LogP contribution in [0.2, 0.25) is 0 Å². The molecule has 0 bridgehead atoms. The van der Waals surface area contributed by atoms with Gasteiger partial charge < -0.3 is 10.5 Å². The molecular weight excluding hydrogens is 254 g/mol. The summed E-state index contributed by atoms with van der Waals surface area (Å²) in [6, 6.07) is 5.70. The third-order valence-corrected chi connectivity index (χ3v) is 3.25. The minimum Gasteiger partial charge on any atom is -0.496 e. The first kappa shape index (κ1) is 14.1. The molecule has 2 aromatic rings. The number of nitrogens with zero attached hydrogens (tertiary/aromatic N) is 2. The van der Waals surface area contributed by atoms with Crippen molar-refractivity contribution >= 4 is 12.1 Å². The Labute approximate surface area is 118 Å². The Hall–Kier alpha value is -2.30. The number of methoxy groups -OCH3 is 1. The van der Waals surface area contributed by atoms with Crippen LogP contribution in [0.1, 0.15) is 29.3 Å². The van der Waals surface area contributed by atoms with Crippen molar-refractivity contribution in [1.82, 2.24) is 9.78 Å². The van der Waals surface area contributed by atoms with E-state index in [1.165, 1.54) is 0 Å². The van der Waals surface area contributed by atoms with Gasteiger partial charge in [-0.3, -0.25) is 4.79 Å². The number of nitrogen functional groups attached to an aromatic ring is 1. The number of anilines is 1. The van der Waals surface area contributed by atoms with Gasteiger partial charge in [-0.2, -0.15) is 5.10 Å². The van der Waals surface area contributed by atoms with Crippen LogP contribution in [0.4, 0.5) is 5.82 Å². The van der Waals surface area contributed by atoms with Crippen LogP contribution < -0.4 is 10.5 Å². The average molecular weight is 273 g/mol. The Morgan fingerprint density at radius 1 is 1.45 bits per heavy atom. The molecule has 1 heterocycles. The number of carbonyl (C=O) groups is 1. The summed E-state index contributed by atoms with van der Waals surface area (Å²) in [6.45, 7) is 4.69. The predicted molar refractivity (Wildman–Crippen MR) is 79.0 cm³/mol. The second-order valence-corrected chi connectivity index (χ2v) is 4.67. The normalized spacial score (nSPS) is 10.6. The maximum Gasteiger partial charge on any atom is 0.156 e. The van der Waals surface area contributed by atoms with Crippen LogP contribution in [0.15, 0.2) is 18.2 Å². The molecule has 0 fully saturated rings. The molecule has 0 spiro atoms.